The van der Waals surface area contributed by atoms with Crippen LogP contribution in [-0.2, 0) is 17.8 Å². The van der Waals surface area contributed by atoms with E-state index >= 15 is 0 Å². The van der Waals surface area contributed by atoms with E-state index in [0.717, 1.165) is 19.5 Å². The Morgan fingerprint density at radius 1 is 1.59 bits per heavy atom. The summed E-state index contributed by atoms with van der Waals surface area (Å²) in [7, 11) is 3.59. The van der Waals surface area contributed by atoms with Gasteiger partial charge in [0, 0.05) is 32.9 Å². The summed E-state index contributed by atoms with van der Waals surface area (Å²) in [6.45, 7) is 4.91. The van der Waals surface area contributed by atoms with Crippen molar-refractivity contribution in [1.82, 2.24) is 14.5 Å². The number of hydrogen-bond acceptors (Lipinski definition) is 4. The van der Waals surface area contributed by atoms with Crippen molar-refractivity contribution in [3.63, 3.8) is 0 Å². The number of aliphatic hydroxyl groups is 1. The van der Waals surface area contributed by atoms with Crippen LogP contribution in [0, 0.1) is 0 Å². The van der Waals surface area contributed by atoms with Crippen LogP contribution in [0.1, 0.15) is 19.0 Å². The summed E-state index contributed by atoms with van der Waals surface area (Å²) in [5.41, 5.74) is 1.18. The van der Waals surface area contributed by atoms with Crippen molar-refractivity contribution in [1.29, 1.82) is 0 Å². The fourth-order valence-corrected chi connectivity index (χ4v) is 1.87. The molecule has 98 valence electrons. The first kappa shape index (κ1) is 14.2. The Morgan fingerprint density at radius 3 is 3.00 bits per heavy atom. The van der Waals surface area contributed by atoms with Crippen molar-refractivity contribution in [2.75, 3.05) is 27.3 Å². The lowest BCUT2D eigenvalue weighted by Crippen LogP contribution is -2.32. The summed E-state index contributed by atoms with van der Waals surface area (Å²) in [5.74, 6) is 0. The minimum absolute atomic E-state index is 0.374. The molecule has 0 aromatic carbocycles. The van der Waals surface area contributed by atoms with Crippen LogP contribution >= 0.6 is 0 Å². The highest BCUT2D eigenvalue weighted by molar-refractivity contribution is 4.98. The molecule has 1 aromatic rings. The Hall–Kier alpha value is -0.910. The summed E-state index contributed by atoms with van der Waals surface area (Å²) < 4.78 is 7.06. The topological polar surface area (TPSA) is 50.5 Å². The third kappa shape index (κ3) is 4.85. The highest BCUT2D eigenvalue weighted by Crippen LogP contribution is 2.05. The number of aryl methyl sites for hydroxylation is 1. The second-order valence-electron chi connectivity index (χ2n) is 4.38. The first-order chi connectivity index (χ1) is 8.17. The number of ether oxygens (including phenoxy) is 1. The Bertz CT molecular complexity index is 314. The van der Waals surface area contributed by atoms with Crippen LogP contribution in [0.2, 0.25) is 0 Å². The Morgan fingerprint density at radius 2 is 2.35 bits per heavy atom. The smallest absolute Gasteiger partial charge is 0.0948 e. The predicted octanol–water partition coefficient (Wildman–Crippen LogP) is 0.732. The zero-order valence-electron chi connectivity index (χ0n) is 11.0. The van der Waals surface area contributed by atoms with Gasteiger partial charge in [-0.15, -0.1) is 0 Å². The third-order valence-electron chi connectivity index (χ3n) is 2.58. The van der Waals surface area contributed by atoms with Gasteiger partial charge in [-0.1, -0.05) is 6.92 Å². The van der Waals surface area contributed by atoms with Gasteiger partial charge >= 0.3 is 0 Å². The maximum Gasteiger partial charge on any atom is 0.0948 e. The van der Waals surface area contributed by atoms with Crippen LogP contribution < -0.4 is 0 Å². The fraction of sp³-hybridized carbons (Fsp3) is 0.750. The van der Waals surface area contributed by atoms with E-state index in [4.69, 9.17) is 4.74 Å². The average molecular weight is 241 g/mol. The van der Waals surface area contributed by atoms with Gasteiger partial charge < -0.3 is 14.4 Å². The highest BCUT2D eigenvalue weighted by Gasteiger charge is 2.10. The molecule has 5 nitrogen and oxygen atoms in total. The molecular formula is C12H23N3O2. The molecule has 0 fully saturated rings. The van der Waals surface area contributed by atoms with Crippen molar-refractivity contribution in [3.05, 3.63) is 18.2 Å². The van der Waals surface area contributed by atoms with Crippen molar-refractivity contribution < 1.29 is 9.84 Å². The SMILES string of the molecule is CCCn1cncc1CN(C)CC(O)COC. The maximum atomic E-state index is 9.63. The van der Waals surface area contributed by atoms with E-state index in [9.17, 15) is 5.11 Å². The van der Waals surface area contributed by atoms with Crippen molar-refractivity contribution in [3.8, 4) is 0 Å². The normalized spacial score (nSPS) is 13.2. The molecule has 0 amide bonds. The lowest BCUT2D eigenvalue weighted by Gasteiger charge is -2.20. The number of likely N-dealkylation sites (N-methyl/N-ethyl adjacent to an activating group) is 1. The molecule has 1 aromatic heterocycles. The first-order valence-corrected chi connectivity index (χ1v) is 6.02. The van der Waals surface area contributed by atoms with Gasteiger partial charge in [-0.25, -0.2) is 4.98 Å². The zero-order valence-corrected chi connectivity index (χ0v) is 11.0. The van der Waals surface area contributed by atoms with Gasteiger partial charge in [-0.05, 0) is 13.5 Å². The largest absolute Gasteiger partial charge is 0.389 e. The zero-order chi connectivity index (χ0) is 12.7. The number of nitrogens with zero attached hydrogens (tertiary/aromatic N) is 3. The standard InChI is InChI=1S/C12H23N3O2/c1-4-5-15-10-13-6-11(15)7-14(2)8-12(16)9-17-3/h6,10,12,16H,4-5,7-9H2,1-3H3. The molecule has 17 heavy (non-hydrogen) atoms. The van der Waals surface area contributed by atoms with Crippen LogP contribution in [0.25, 0.3) is 0 Å². The number of methoxy groups -OCH3 is 1. The summed E-state index contributed by atoms with van der Waals surface area (Å²) in [6, 6.07) is 0. The van der Waals surface area contributed by atoms with E-state index in [1.807, 2.05) is 19.6 Å². The van der Waals surface area contributed by atoms with Crippen LogP contribution in [-0.4, -0.2) is 53.0 Å². The molecule has 1 atom stereocenters. The van der Waals surface area contributed by atoms with Gasteiger partial charge in [0.15, 0.2) is 0 Å². The predicted molar refractivity (Wildman–Crippen MR) is 66.7 cm³/mol. The number of aliphatic hydroxyl groups excluding tert-OH is 1. The summed E-state index contributed by atoms with van der Waals surface area (Å²) in [4.78, 5) is 6.23. The van der Waals surface area contributed by atoms with Gasteiger partial charge in [0.2, 0.25) is 0 Å². The fourth-order valence-electron chi connectivity index (χ4n) is 1.87. The number of rotatable bonds is 8. The molecule has 0 aliphatic rings. The van der Waals surface area contributed by atoms with Gasteiger partial charge in [-0.2, -0.15) is 0 Å². The molecule has 1 heterocycles. The Kier molecular flexibility index (Phi) is 6.18. The van der Waals surface area contributed by atoms with Crippen LogP contribution in [0.4, 0.5) is 0 Å². The molecule has 0 saturated heterocycles. The lowest BCUT2D eigenvalue weighted by atomic mass is 10.3. The Labute approximate surface area is 103 Å². The molecule has 5 heteroatoms. The van der Waals surface area contributed by atoms with E-state index in [-0.39, 0.29) is 0 Å². The second kappa shape index (κ2) is 7.42. The van der Waals surface area contributed by atoms with E-state index in [0.29, 0.717) is 13.2 Å². The molecule has 1 unspecified atom stereocenters. The van der Waals surface area contributed by atoms with Gasteiger partial charge in [0.25, 0.3) is 0 Å². The molecule has 0 saturated carbocycles. The van der Waals surface area contributed by atoms with Crippen LogP contribution in [0.15, 0.2) is 12.5 Å². The van der Waals surface area contributed by atoms with Gasteiger partial charge in [0.05, 0.1) is 24.7 Å². The van der Waals surface area contributed by atoms with Crippen LogP contribution in [0.3, 0.4) is 0 Å². The maximum absolute atomic E-state index is 9.63. The van der Waals surface area contributed by atoms with E-state index in [1.54, 1.807) is 7.11 Å². The molecule has 0 aliphatic carbocycles. The second-order valence-corrected chi connectivity index (χ2v) is 4.38. The van der Waals surface area contributed by atoms with Crippen LogP contribution in [0.5, 0.6) is 0 Å². The van der Waals surface area contributed by atoms with E-state index in [1.165, 1.54) is 5.69 Å². The van der Waals surface area contributed by atoms with Crippen molar-refractivity contribution in [2.45, 2.75) is 32.5 Å². The van der Waals surface area contributed by atoms with Gasteiger partial charge in [0.1, 0.15) is 0 Å². The number of imidazole rings is 1. The molecule has 1 N–H and O–H groups in total. The molecule has 0 bridgehead atoms. The summed E-state index contributed by atoms with van der Waals surface area (Å²) >= 11 is 0. The summed E-state index contributed by atoms with van der Waals surface area (Å²) in [6.07, 6.45) is 4.40. The van der Waals surface area contributed by atoms with Crippen molar-refractivity contribution >= 4 is 0 Å². The molecule has 0 radical (unpaired) electrons. The number of aromatic nitrogens is 2. The lowest BCUT2D eigenvalue weighted by molar-refractivity contribution is 0.0414. The number of hydrogen-bond donors (Lipinski definition) is 1. The van der Waals surface area contributed by atoms with E-state index < -0.39 is 6.10 Å². The third-order valence-corrected chi connectivity index (χ3v) is 2.58. The minimum Gasteiger partial charge on any atom is -0.389 e. The van der Waals surface area contributed by atoms with Gasteiger partial charge in [-0.3, -0.25) is 4.90 Å². The highest BCUT2D eigenvalue weighted by atomic mass is 16.5. The molecular weight excluding hydrogens is 218 g/mol. The Balaban J connectivity index is 2.44. The average Bonchev–Trinajstić information content (AvgIpc) is 2.66. The van der Waals surface area contributed by atoms with Crippen molar-refractivity contribution in [2.24, 2.45) is 0 Å². The first-order valence-electron chi connectivity index (χ1n) is 6.02. The minimum atomic E-state index is -0.437. The monoisotopic (exact) mass is 241 g/mol. The van der Waals surface area contributed by atoms with E-state index in [2.05, 4.69) is 21.4 Å². The quantitative estimate of drug-likeness (QED) is 0.729. The molecule has 0 aliphatic heterocycles. The molecule has 0 spiro atoms. The molecule has 1 rings (SSSR count). The summed E-state index contributed by atoms with van der Waals surface area (Å²) in [5, 5.41) is 9.63.